The summed E-state index contributed by atoms with van der Waals surface area (Å²) < 4.78 is 34.9. The Bertz CT molecular complexity index is 1780. The molecule has 3 aromatic carbocycles. The normalized spacial score (nSPS) is 12.4. The summed E-state index contributed by atoms with van der Waals surface area (Å²) in [4.78, 5) is 31.9. The van der Waals surface area contributed by atoms with Crippen LogP contribution < -0.4 is 10.9 Å². The molecule has 0 radical (unpaired) electrons. The third-order valence-corrected chi connectivity index (χ3v) is 6.60. The number of aromatic nitrogens is 2. The molecule has 5 aromatic rings. The number of H-pyrrole nitrogens is 2. The summed E-state index contributed by atoms with van der Waals surface area (Å²) in [5, 5.41) is 0.597. The number of rotatable bonds is 1. The minimum absolute atomic E-state index is 0.0626. The number of hydrogen-bond acceptors (Lipinski definition) is 4. The van der Waals surface area contributed by atoms with E-state index in [1.807, 2.05) is 13.0 Å². The average molecular weight is 420 g/mol. The summed E-state index contributed by atoms with van der Waals surface area (Å²) in [6, 6.07) is 11.7. The van der Waals surface area contributed by atoms with E-state index in [1.165, 1.54) is 6.07 Å². The van der Waals surface area contributed by atoms with Gasteiger partial charge in [-0.15, -0.1) is 0 Å². The summed E-state index contributed by atoms with van der Waals surface area (Å²) >= 11 is 0. The molecule has 150 valence electrons. The Labute approximate surface area is 169 Å². The van der Waals surface area contributed by atoms with E-state index < -0.39 is 25.9 Å². The van der Waals surface area contributed by atoms with Crippen LogP contribution in [0.1, 0.15) is 11.1 Å². The lowest BCUT2D eigenvalue weighted by molar-refractivity contribution is 0.485. The monoisotopic (exact) mass is 420 g/mol. The van der Waals surface area contributed by atoms with Crippen molar-refractivity contribution in [2.75, 3.05) is 0 Å². The minimum Gasteiger partial charge on any atom is -0.354 e. The number of para-hydroxylation sites is 1. The quantitative estimate of drug-likeness (QED) is 0.283. The Morgan fingerprint density at radius 2 is 1.53 bits per heavy atom. The van der Waals surface area contributed by atoms with Gasteiger partial charge in [0.25, 0.3) is 10.1 Å². The Morgan fingerprint density at radius 3 is 2.27 bits per heavy atom. The molecule has 0 aliphatic carbocycles. The molecule has 0 amide bonds. The zero-order valence-corrected chi connectivity index (χ0v) is 16.8. The maximum Gasteiger partial charge on any atom is 0.297 e. The Morgan fingerprint density at radius 1 is 0.800 bits per heavy atom. The molecular formula is C22H16N2O5S. The van der Waals surface area contributed by atoms with E-state index in [1.54, 1.807) is 37.3 Å². The van der Waals surface area contributed by atoms with Crippen LogP contribution in [0.2, 0.25) is 0 Å². The molecule has 0 spiro atoms. The van der Waals surface area contributed by atoms with Crippen molar-refractivity contribution in [3.05, 3.63) is 74.0 Å². The van der Waals surface area contributed by atoms with Crippen LogP contribution in [0.3, 0.4) is 0 Å². The second kappa shape index (κ2) is 6.01. The highest BCUT2D eigenvalue weighted by atomic mass is 32.2. The third-order valence-electron chi connectivity index (χ3n) is 5.67. The summed E-state index contributed by atoms with van der Waals surface area (Å²) in [5.74, 6) is 0. The molecule has 30 heavy (non-hydrogen) atoms. The van der Waals surface area contributed by atoms with Crippen LogP contribution in [-0.4, -0.2) is 22.9 Å². The molecule has 0 aliphatic rings. The number of nitrogens with one attached hydrogen (secondary N) is 2. The smallest absolute Gasteiger partial charge is 0.297 e. The van der Waals surface area contributed by atoms with Crippen molar-refractivity contribution < 1.29 is 13.0 Å². The minimum atomic E-state index is -4.85. The van der Waals surface area contributed by atoms with E-state index >= 15 is 0 Å². The lowest BCUT2D eigenvalue weighted by Crippen LogP contribution is -2.15. The van der Waals surface area contributed by atoms with Gasteiger partial charge in [-0.2, -0.15) is 8.42 Å². The van der Waals surface area contributed by atoms with E-state index in [9.17, 15) is 22.6 Å². The molecule has 7 nitrogen and oxygen atoms in total. The summed E-state index contributed by atoms with van der Waals surface area (Å²) in [6.07, 6.45) is 0. The molecule has 2 heterocycles. The van der Waals surface area contributed by atoms with Gasteiger partial charge in [0.05, 0.1) is 21.9 Å². The van der Waals surface area contributed by atoms with Gasteiger partial charge in [-0.3, -0.25) is 14.1 Å². The SMILES string of the molecule is Cc1ccc2[nH]c3cc4c(=O)c5ccccc5[nH]c4c(S(=O)(=O)O)c3c(=O)c2c1C. The molecule has 0 fully saturated rings. The lowest BCUT2D eigenvalue weighted by Gasteiger charge is -2.12. The molecule has 3 N–H and O–H groups in total. The number of pyridine rings is 2. The molecule has 0 saturated heterocycles. The van der Waals surface area contributed by atoms with Gasteiger partial charge in [-0.05, 0) is 49.2 Å². The standard InChI is InChI=1S/C22H16N2O5S/c1-10-7-8-15-17(11(10)2)21(26)18-16(23-15)9-13-19(22(18)30(27,28)29)24-14-6-4-3-5-12(14)20(13)25/h3-9H,1-2H3,(H,23,26)(H,24,25)(H,27,28,29). The first kappa shape index (κ1) is 18.5. The lowest BCUT2D eigenvalue weighted by atomic mass is 10.0. The Hall–Kier alpha value is -3.49. The van der Waals surface area contributed by atoms with Crippen molar-refractivity contribution in [1.29, 1.82) is 0 Å². The first-order valence-electron chi connectivity index (χ1n) is 9.19. The predicted molar refractivity (Wildman–Crippen MR) is 117 cm³/mol. The highest BCUT2D eigenvalue weighted by Gasteiger charge is 2.25. The van der Waals surface area contributed by atoms with Gasteiger partial charge in [0.2, 0.25) is 0 Å². The zero-order chi connectivity index (χ0) is 21.4. The van der Waals surface area contributed by atoms with E-state index in [0.29, 0.717) is 27.4 Å². The summed E-state index contributed by atoms with van der Waals surface area (Å²) in [5.41, 5.74) is 1.66. The second-order valence-corrected chi connectivity index (χ2v) is 8.77. The molecule has 0 bridgehead atoms. The number of aryl methyl sites for hydroxylation is 2. The van der Waals surface area contributed by atoms with Crippen molar-refractivity contribution in [1.82, 2.24) is 9.97 Å². The van der Waals surface area contributed by atoms with Crippen molar-refractivity contribution in [3.63, 3.8) is 0 Å². The second-order valence-electron chi connectivity index (χ2n) is 7.41. The largest absolute Gasteiger partial charge is 0.354 e. The van der Waals surface area contributed by atoms with Gasteiger partial charge in [-0.1, -0.05) is 18.2 Å². The average Bonchev–Trinajstić information content (AvgIpc) is 2.69. The summed E-state index contributed by atoms with van der Waals surface area (Å²) in [7, 11) is -4.85. The van der Waals surface area contributed by atoms with E-state index in [4.69, 9.17) is 0 Å². The molecule has 0 atom stereocenters. The van der Waals surface area contributed by atoms with Crippen LogP contribution in [-0.2, 0) is 10.1 Å². The first-order chi connectivity index (χ1) is 14.2. The van der Waals surface area contributed by atoms with E-state index in [-0.39, 0.29) is 21.8 Å². The predicted octanol–water partition coefficient (Wildman–Crippen LogP) is 3.54. The van der Waals surface area contributed by atoms with Crippen molar-refractivity contribution in [2.45, 2.75) is 18.7 Å². The van der Waals surface area contributed by atoms with Gasteiger partial charge in [-0.25, -0.2) is 0 Å². The molecule has 0 saturated carbocycles. The van der Waals surface area contributed by atoms with Gasteiger partial charge in [0, 0.05) is 21.7 Å². The van der Waals surface area contributed by atoms with E-state index in [0.717, 1.165) is 5.56 Å². The molecule has 8 heteroatoms. The van der Waals surface area contributed by atoms with Crippen LogP contribution in [0.4, 0.5) is 0 Å². The number of aromatic amines is 2. The Kier molecular flexibility index (Phi) is 3.71. The third kappa shape index (κ3) is 2.44. The van der Waals surface area contributed by atoms with Crippen LogP contribution in [0.15, 0.2) is 56.9 Å². The maximum atomic E-state index is 13.4. The molecule has 5 rings (SSSR count). The number of fused-ring (bicyclic) bond motifs is 4. The Balaban J connectivity index is 2.18. The van der Waals surface area contributed by atoms with Crippen molar-refractivity contribution in [3.8, 4) is 0 Å². The highest BCUT2D eigenvalue weighted by molar-refractivity contribution is 7.86. The highest BCUT2D eigenvalue weighted by Crippen LogP contribution is 2.30. The van der Waals surface area contributed by atoms with Crippen LogP contribution in [0.5, 0.6) is 0 Å². The van der Waals surface area contributed by atoms with Crippen LogP contribution in [0, 0.1) is 13.8 Å². The first-order valence-corrected chi connectivity index (χ1v) is 10.6. The molecule has 0 unspecified atom stereocenters. The fourth-order valence-electron chi connectivity index (χ4n) is 4.10. The van der Waals surface area contributed by atoms with Crippen LogP contribution >= 0.6 is 0 Å². The van der Waals surface area contributed by atoms with Gasteiger partial charge in [0.15, 0.2) is 10.9 Å². The van der Waals surface area contributed by atoms with Crippen molar-refractivity contribution >= 4 is 53.7 Å². The van der Waals surface area contributed by atoms with E-state index in [2.05, 4.69) is 9.97 Å². The van der Waals surface area contributed by atoms with Gasteiger partial charge >= 0.3 is 0 Å². The van der Waals surface area contributed by atoms with Gasteiger partial charge < -0.3 is 9.97 Å². The zero-order valence-electron chi connectivity index (χ0n) is 16.0. The number of benzene rings is 3. The fraction of sp³-hybridized carbons (Fsp3) is 0.0909. The van der Waals surface area contributed by atoms with Gasteiger partial charge in [0.1, 0.15) is 4.90 Å². The molecule has 0 aliphatic heterocycles. The topological polar surface area (TPSA) is 120 Å². The molecule has 2 aromatic heterocycles. The molecular weight excluding hydrogens is 404 g/mol. The fourth-order valence-corrected chi connectivity index (χ4v) is 4.98. The number of hydrogen-bond donors (Lipinski definition) is 3. The van der Waals surface area contributed by atoms with Crippen molar-refractivity contribution in [2.24, 2.45) is 0 Å². The van der Waals surface area contributed by atoms with Crippen LogP contribution in [0.25, 0.3) is 43.6 Å². The maximum absolute atomic E-state index is 13.4. The summed E-state index contributed by atoms with van der Waals surface area (Å²) in [6.45, 7) is 3.63.